The molecule has 3 aromatic rings. The second kappa shape index (κ2) is 7.82. The van der Waals surface area contributed by atoms with E-state index in [2.05, 4.69) is 53.3 Å². The number of nitrogens with two attached hydrogens (primary N) is 1. The third-order valence-corrected chi connectivity index (χ3v) is 6.15. The van der Waals surface area contributed by atoms with Gasteiger partial charge in [0.05, 0.1) is 5.54 Å². The molecule has 0 bridgehead atoms. The smallest absolute Gasteiger partial charge is 0.211 e. The van der Waals surface area contributed by atoms with Gasteiger partial charge < -0.3 is 15.6 Å². The summed E-state index contributed by atoms with van der Waals surface area (Å²) < 4.78 is 2.39. The van der Waals surface area contributed by atoms with Crippen molar-refractivity contribution >= 4 is 34.6 Å². The molecule has 2 atom stereocenters. The van der Waals surface area contributed by atoms with Crippen molar-refractivity contribution in [2.75, 3.05) is 11.9 Å². The average molecular weight is 411 g/mol. The van der Waals surface area contributed by atoms with Crippen LogP contribution in [0.15, 0.2) is 42.5 Å². The molecule has 1 aromatic heterocycles. The summed E-state index contributed by atoms with van der Waals surface area (Å²) in [6.07, 6.45) is 2.55. The van der Waals surface area contributed by atoms with Gasteiger partial charge in [-0.05, 0) is 63.1 Å². The molecule has 0 saturated heterocycles. The zero-order valence-corrected chi connectivity index (χ0v) is 17.6. The van der Waals surface area contributed by atoms with Crippen LogP contribution in [0.1, 0.15) is 37.1 Å². The molecule has 2 heterocycles. The van der Waals surface area contributed by atoms with E-state index < -0.39 is 5.54 Å². The molecule has 1 aliphatic heterocycles. The van der Waals surface area contributed by atoms with Gasteiger partial charge in [0.2, 0.25) is 6.41 Å². The van der Waals surface area contributed by atoms with Gasteiger partial charge in [-0.2, -0.15) is 0 Å². The lowest BCUT2D eigenvalue weighted by molar-refractivity contribution is -0.105. The van der Waals surface area contributed by atoms with Crippen LogP contribution < -0.4 is 16.4 Å². The van der Waals surface area contributed by atoms with Gasteiger partial charge in [-0.15, -0.1) is 0 Å². The van der Waals surface area contributed by atoms with Gasteiger partial charge in [-0.3, -0.25) is 10.1 Å². The second-order valence-corrected chi connectivity index (χ2v) is 8.40. The van der Waals surface area contributed by atoms with Crippen molar-refractivity contribution in [3.63, 3.8) is 0 Å². The van der Waals surface area contributed by atoms with Gasteiger partial charge in [-0.25, -0.2) is 0 Å². The van der Waals surface area contributed by atoms with E-state index in [-0.39, 0.29) is 6.04 Å². The number of aryl methyl sites for hydroxylation is 1. The molecule has 0 spiro atoms. The maximum atomic E-state index is 11.3. The molecular weight excluding hydrogens is 384 g/mol. The summed E-state index contributed by atoms with van der Waals surface area (Å²) in [5, 5.41) is 8.59. The van der Waals surface area contributed by atoms with Crippen molar-refractivity contribution in [1.82, 2.24) is 9.88 Å². The van der Waals surface area contributed by atoms with Crippen LogP contribution in [0.2, 0.25) is 5.02 Å². The number of rotatable bonds is 6. The predicted octanol–water partition coefficient (Wildman–Crippen LogP) is 4.01. The van der Waals surface area contributed by atoms with Crippen LogP contribution in [0.3, 0.4) is 0 Å². The molecular formula is C23H27ClN4O. The summed E-state index contributed by atoms with van der Waals surface area (Å²) in [6.45, 7) is 5.86. The topological polar surface area (TPSA) is 72.1 Å². The summed E-state index contributed by atoms with van der Waals surface area (Å²) in [4.78, 5) is 11.3. The highest BCUT2D eigenvalue weighted by molar-refractivity contribution is 6.30. The van der Waals surface area contributed by atoms with Gasteiger partial charge in [0.25, 0.3) is 0 Å². The van der Waals surface area contributed by atoms with Crippen molar-refractivity contribution in [2.24, 2.45) is 5.73 Å². The van der Waals surface area contributed by atoms with E-state index in [1.54, 1.807) is 6.07 Å². The lowest BCUT2D eigenvalue weighted by atomic mass is 9.79. The number of amides is 1. The van der Waals surface area contributed by atoms with E-state index in [0.29, 0.717) is 18.0 Å². The molecule has 0 unspecified atom stereocenters. The Kier molecular flexibility index (Phi) is 5.38. The summed E-state index contributed by atoms with van der Waals surface area (Å²) in [6, 6.07) is 14.4. The number of carbonyl (C=O) groups excluding carboxylic acids is 1. The fourth-order valence-electron chi connectivity index (χ4n) is 4.88. The average Bonchev–Trinajstić information content (AvgIpc) is 3.02. The van der Waals surface area contributed by atoms with E-state index in [1.807, 2.05) is 12.1 Å². The highest BCUT2D eigenvalue weighted by Crippen LogP contribution is 2.44. The third-order valence-electron chi connectivity index (χ3n) is 5.92. The van der Waals surface area contributed by atoms with Crippen LogP contribution in [0.4, 0.5) is 5.69 Å². The minimum atomic E-state index is -0.517. The predicted molar refractivity (Wildman–Crippen MR) is 120 cm³/mol. The molecule has 0 radical (unpaired) electrons. The molecule has 2 aromatic carbocycles. The first-order chi connectivity index (χ1) is 14.0. The number of nitrogens with one attached hydrogen (secondary N) is 2. The molecule has 1 aliphatic rings. The van der Waals surface area contributed by atoms with E-state index in [9.17, 15) is 4.79 Å². The lowest BCUT2D eigenvalue weighted by Gasteiger charge is -2.41. The standard InChI is InChI=1S/C23H27ClN4O/c1-15-12-18-17-6-3-4-7-21(17)28(11-5-10-25)22(18)23(2,27-15)19-13-16(24)8-9-20(19)26-14-29/h3-4,6-9,13-15,27H,5,10-12,25H2,1-2H3,(H,26,29)/t15-,23+/m0/s1. The number of benzene rings is 2. The number of anilines is 1. The largest absolute Gasteiger partial charge is 0.342 e. The Labute approximate surface area is 176 Å². The number of carbonyl (C=O) groups is 1. The number of nitrogens with zero attached hydrogens (tertiary/aromatic N) is 1. The molecule has 0 fully saturated rings. The summed E-state index contributed by atoms with van der Waals surface area (Å²) in [5.41, 5.74) is 10.9. The first kappa shape index (κ1) is 20.0. The molecule has 152 valence electrons. The van der Waals surface area contributed by atoms with Crippen molar-refractivity contribution in [1.29, 1.82) is 0 Å². The third kappa shape index (κ3) is 3.33. The van der Waals surface area contributed by atoms with Crippen LogP contribution in [0.25, 0.3) is 10.9 Å². The molecule has 4 N–H and O–H groups in total. The van der Waals surface area contributed by atoms with E-state index >= 15 is 0 Å². The quantitative estimate of drug-likeness (QED) is 0.537. The number of hydrogen-bond donors (Lipinski definition) is 3. The fourth-order valence-corrected chi connectivity index (χ4v) is 5.05. The number of fused-ring (bicyclic) bond motifs is 3. The number of para-hydroxylation sites is 1. The minimum absolute atomic E-state index is 0.268. The molecule has 0 aliphatic carbocycles. The number of hydrogen-bond acceptors (Lipinski definition) is 3. The zero-order chi connectivity index (χ0) is 20.6. The number of halogens is 1. The second-order valence-electron chi connectivity index (χ2n) is 7.96. The molecule has 1 amide bonds. The fraction of sp³-hybridized carbons (Fsp3) is 0.348. The Balaban J connectivity index is 2.03. The Bertz CT molecular complexity index is 1060. The summed E-state index contributed by atoms with van der Waals surface area (Å²) in [5.74, 6) is 0. The molecule has 29 heavy (non-hydrogen) atoms. The van der Waals surface area contributed by atoms with Crippen molar-refractivity contribution in [3.05, 3.63) is 64.3 Å². The zero-order valence-electron chi connectivity index (χ0n) is 16.8. The highest BCUT2D eigenvalue weighted by atomic mass is 35.5. The van der Waals surface area contributed by atoms with Crippen LogP contribution >= 0.6 is 11.6 Å². The molecule has 4 rings (SSSR count). The van der Waals surface area contributed by atoms with Gasteiger partial charge in [0.15, 0.2) is 0 Å². The van der Waals surface area contributed by atoms with Gasteiger partial charge in [-0.1, -0.05) is 29.8 Å². The van der Waals surface area contributed by atoms with Gasteiger partial charge in [0, 0.05) is 45.5 Å². The van der Waals surface area contributed by atoms with Gasteiger partial charge >= 0.3 is 0 Å². The first-order valence-electron chi connectivity index (χ1n) is 10.1. The van der Waals surface area contributed by atoms with Crippen molar-refractivity contribution in [3.8, 4) is 0 Å². The van der Waals surface area contributed by atoms with Gasteiger partial charge in [0.1, 0.15) is 0 Å². The van der Waals surface area contributed by atoms with Crippen molar-refractivity contribution < 1.29 is 4.79 Å². The highest BCUT2D eigenvalue weighted by Gasteiger charge is 2.42. The molecule has 6 heteroatoms. The SMILES string of the molecule is C[C@H]1Cc2c(n(CCCN)c3ccccc23)[C@@](C)(c2cc(Cl)ccc2NC=O)N1. The molecule has 0 saturated carbocycles. The first-order valence-corrected chi connectivity index (χ1v) is 10.5. The van der Waals surface area contributed by atoms with Crippen LogP contribution in [-0.4, -0.2) is 23.6 Å². The Morgan fingerprint density at radius 1 is 1.34 bits per heavy atom. The normalized spacial score (nSPS) is 21.2. The maximum Gasteiger partial charge on any atom is 0.211 e. The summed E-state index contributed by atoms with van der Waals surface area (Å²) in [7, 11) is 0. The van der Waals surface area contributed by atoms with Crippen molar-refractivity contribution in [2.45, 2.75) is 44.8 Å². The Hall–Kier alpha value is -2.34. The van der Waals surface area contributed by atoms with E-state index in [1.165, 1.54) is 22.2 Å². The monoisotopic (exact) mass is 410 g/mol. The van der Waals surface area contributed by atoms with E-state index in [4.69, 9.17) is 17.3 Å². The molecule has 5 nitrogen and oxygen atoms in total. The lowest BCUT2D eigenvalue weighted by Crippen LogP contribution is -2.51. The van der Waals surface area contributed by atoms with Crippen LogP contribution in [-0.2, 0) is 23.3 Å². The van der Waals surface area contributed by atoms with E-state index in [0.717, 1.165) is 30.6 Å². The Morgan fingerprint density at radius 3 is 2.90 bits per heavy atom. The Morgan fingerprint density at radius 2 is 2.14 bits per heavy atom. The number of aromatic nitrogens is 1. The summed E-state index contributed by atoms with van der Waals surface area (Å²) >= 11 is 6.40. The van der Waals surface area contributed by atoms with Crippen LogP contribution in [0, 0.1) is 0 Å². The van der Waals surface area contributed by atoms with Crippen LogP contribution in [0.5, 0.6) is 0 Å². The maximum absolute atomic E-state index is 11.3. The minimum Gasteiger partial charge on any atom is -0.342 e.